The second-order valence-electron chi connectivity index (χ2n) is 5.33. The predicted molar refractivity (Wildman–Crippen MR) is 106 cm³/mol. The van der Waals surface area contributed by atoms with Gasteiger partial charge in [0.05, 0.1) is 11.4 Å². The molecule has 5 nitrogen and oxygen atoms in total. The summed E-state index contributed by atoms with van der Waals surface area (Å²) in [5.41, 5.74) is 6.55. The zero-order valence-electron chi connectivity index (χ0n) is 13.6. The number of hydrogen-bond donors (Lipinski definition) is 2. The van der Waals surface area contributed by atoms with Gasteiger partial charge in [-0.1, -0.05) is 42.4 Å². The monoisotopic (exact) mass is 372 g/mol. The fourth-order valence-corrected chi connectivity index (χ4v) is 3.06. The quantitative estimate of drug-likeness (QED) is 0.835. The molecule has 1 amide bonds. The first-order chi connectivity index (χ1) is 12.1. The van der Waals surface area contributed by atoms with Gasteiger partial charge in [0.1, 0.15) is 0 Å². The first-order valence-corrected chi connectivity index (χ1v) is 9.20. The van der Waals surface area contributed by atoms with Crippen LogP contribution in [-0.4, -0.2) is 22.5 Å². The average Bonchev–Trinajstić information content (AvgIpc) is 2.65. The molecular formula is C18H17ClN4OS. The fraction of sp³-hybridized carbons (Fsp3) is 0.167. The smallest absolute Gasteiger partial charge is 0.224 e. The van der Waals surface area contributed by atoms with Crippen LogP contribution in [0, 0.1) is 0 Å². The van der Waals surface area contributed by atoms with Crippen molar-refractivity contribution in [2.24, 2.45) is 10.1 Å². The third-order valence-electron chi connectivity index (χ3n) is 3.51. The number of aliphatic imine (C=N–C) groups is 1. The molecule has 7 heteroatoms. The molecule has 128 valence electrons. The lowest BCUT2D eigenvalue weighted by molar-refractivity contribution is -0.115. The summed E-state index contributed by atoms with van der Waals surface area (Å²) in [6, 6.07) is 15.0. The molecule has 1 aliphatic rings. The number of amides is 1. The molecule has 25 heavy (non-hydrogen) atoms. The second kappa shape index (κ2) is 8.18. The maximum atomic E-state index is 11.4. The van der Waals surface area contributed by atoms with Crippen LogP contribution in [0.15, 0.2) is 58.6 Å². The van der Waals surface area contributed by atoms with Gasteiger partial charge in [-0.2, -0.15) is 5.10 Å². The highest BCUT2D eigenvalue weighted by Gasteiger charge is 2.13. The van der Waals surface area contributed by atoms with Crippen LogP contribution >= 0.6 is 23.4 Å². The molecule has 0 bridgehead atoms. The Kier molecular flexibility index (Phi) is 5.73. The van der Waals surface area contributed by atoms with Crippen LogP contribution in [0.2, 0.25) is 5.02 Å². The largest absolute Gasteiger partial charge is 0.326 e. The normalized spacial score (nSPS) is 15.4. The molecule has 3 rings (SSSR count). The first-order valence-electron chi connectivity index (χ1n) is 7.84. The molecule has 2 aromatic rings. The fourth-order valence-electron chi connectivity index (χ4n) is 2.15. The van der Waals surface area contributed by atoms with E-state index in [9.17, 15) is 4.79 Å². The van der Waals surface area contributed by atoms with Crippen molar-refractivity contribution >= 4 is 51.5 Å². The molecular weight excluding hydrogens is 356 g/mol. The van der Waals surface area contributed by atoms with Crippen LogP contribution < -0.4 is 10.7 Å². The van der Waals surface area contributed by atoms with Crippen LogP contribution in [0.25, 0.3) is 0 Å². The molecule has 0 radical (unpaired) electrons. The number of hydrazone groups is 1. The van der Waals surface area contributed by atoms with Gasteiger partial charge in [0.2, 0.25) is 5.91 Å². The maximum absolute atomic E-state index is 11.4. The number of nitrogens with one attached hydrogen (secondary N) is 2. The minimum Gasteiger partial charge on any atom is -0.326 e. The van der Waals surface area contributed by atoms with Gasteiger partial charge in [0.15, 0.2) is 5.17 Å². The Bertz CT molecular complexity index is 816. The van der Waals surface area contributed by atoms with Crippen LogP contribution in [-0.2, 0) is 4.79 Å². The molecule has 1 heterocycles. The van der Waals surface area contributed by atoms with E-state index in [1.165, 1.54) is 0 Å². The molecule has 0 spiro atoms. The Hall–Kier alpha value is -2.31. The number of rotatable bonds is 4. The number of halogens is 1. The first kappa shape index (κ1) is 17.5. The molecule has 0 aliphatic carbocycles. The van der Waals surface area contributed by atoms with Crippen molar-refractivity contribution < 1.29 is 4.79 Å². The van der Waals surface area contributed by atoms with Crippen LogP contribution in [0.4, 0.5) is 11.4 Å². The third kappa shape index (κ3) is 4.84. The van der Waals surface area contributed by atoms with E-state index in [1.54, 1.807) is 11.8 Å². The molecule has 0 atom stereocenters. The van der Waals surface area contributed by atoms with Gasteiger partial charge in [-0.05, 0) is 42.0 Å². The van der Waals surface area contributed by atoms with Crippen molar-refractivity contribution in [1.82, 2.24) is 5.43 Å². The number of nitrogens with zero attached hydrogens (tertiary/aromatic N) is 2. The van der Waals surface area contributed by atoms with E-state index >= 15 is 0 Å². The molecule has 0 aromatic heterocycles. The summed E-state index contributed by atoms with van der Waals surface area (Å²) in [5, 5.41) is 8.67. The number of anilines is 1. The molecule has 1 aliphatic heterocycles. The summed E-state index contributed by atoms with van der Waals surface area (Å²) in [6.45, 7) is 1.83. The summed E-state index contributed by atoms with van der Waals surface area (Å²) < 4.78 is 0. The Morgan fingerprint density at radius 2 is 1.96 bits per heavy atom. The number of carbonyl (C=O) groups is 1. The van der Waals surface area contributed by atoms with Crippen molar-refractivity contribution in [2.45, 2.75) is 13.3 Å². The predicted octanol–water partition coefficient (Wildman–Crippen LogP) is 4.42. The van der Waals surface area contributed by atoms with E-state index in [2.05, 4.69) is 20.8 Å². The van der Waals surface area contributed by atoms with Gasteiger partial charge >= 0.3 is 0 Å². The summed E-state index contributed by atoms with van der Waals surface area (Å²) >= 11 is 7.46. The SMILES string of the molecule is CCC(=O)Nc1ccc(C2=NNC(=Nc3ccc(Cl)cc3)SC2)cc1. The maximum Gasteiger partial charge on any atom is 0.224 e. The molecule has 2 aromatic carbocycles. The Morgan fingerprint density at radius 3 is 2.56 bits per heavy atom. The van der Waals surface area contributed by atoms with E-state index in [4.69, 9.17) is 11.6 Å². The van der Waals surface area contributed by atoms with Crippen LogP contribution in [0.3, 0.4) is 0 Å². The average molecular weight is 373 g/mol. The van der Waals surface area contributed by atoms with Crippen molar-refractivity contribution in [1.29, 1.82) is 0 Å². The van der Waals surface area contributed by atoms with E-state index < -0.39 is 0 Å². The van der Waals surface area contributed by atoms with E-state index in [0.717, 1.165) is 33.6 Å². The summed E-state index contributed by atoms with van der Waals surface area (Å²) in [4.78, 5) is 15.9. The lowest BCUT2D eigenvalue weighted by Gasteiger charge is -2.15. The van der Waals surface area contributed by atoms with E-state index in [-0.39, 0.29) is 5.91 Å². The zero-order valence-corrected chi connectivity index (χ0v) is 15.2. The highest BCUT2D eigenvalue weighted by molar-refractivity contribution is 8.14. The second-order valence-corrected chi connectivity index (χ2v) is 6.73. The Labute approximate surface area is 155 Å². The summed E-state index contributed by atoms with van der Waals surface area (Å²) in [7, 11) is 0. The summed E-state index contributed by atoms with van der Waals surface area (Å²) in [6.07, 6.45) is 0.463. The van der Waals surface area contributed by atoms with E-state index in [1.807, 2.05) is 55.5 Å². The third-order valence-corrected chi connectivity index (χ3v) is 4.64. The standard InChI is InChI=1S/C18H17ClN4OS/c1-2-17(24)20-14-7-3-12(4-8-14)16-11-25-18(23-22-16)21-15-9-5-13(19)6-10-15/h3-10H,2,11H2,1H3,(H,20,24)(H,21,23). The highest BCUT2D eigenvalue weighted by Crippen LogP contribution is 2.21. The lowest BCUT2D eigenvalue weighted by Crippen LogP contribution is -2.25. The summed E-state index contributed by atoms with van der Waals surface area (Å²) in [5.74, 6) is 0.725. The van der Waals surface area contributed by atoms with E-state index in [0.29, 0.717) is 11.4 Å². The van der Waals surface area contributed by atoms with Crippen molar-refractivity contribution in [3.63, 3.8) is 0 Å². The van der Waals surface area contributed by atoms with Crippen LogP contribution in [0.5, 0.6) is 0 Å². The number of benzene rings is 2. The zero-order chi connectivity index (χ0) is 17.6. The number of amidine groups is 1. The highest BCUT2D eigenvalue weighted by atomic mass is 35.5. The topological polar surface area (TPSA) is 65.8 Å². The molecule has 0 unspecified atom stereocenters. The van der Waals surface area contributed by atoms with Gasteiger partial charge in [-0.25, -0.2) is 4.99 Å². The molecule has 0 saturated carbocycles. The van der Waals surface area contributed by atoms with Gasteiger partial charge in [-0.15, -0.1) is 0 Å². The van der Waals surface area contributed by atoms with Crippen molar-refractivity contribution in [2.75, 3.05) is 11.1 Å². The van der Waals surface area contributed by atoms with Crippen molar-refractivity contribution in [3.8, 4) is 0 Å². The molecule has 0 fully saturated rings. The van der Waals surface area contributed by atoms with Crippen LogP contribution in [0.1, 0.15) is 18.9 Å². The van der Waals surface area contributed by atoms with Gasteiger partial charge in [0, 0.05) is 22.9 Å². The molecule has 0 saturated heterocycles. The number of carbonyl (C=O) groups excluding carboxylic acids is 1. The van der Waals surface area contributed by atoms with Gasteiger partial charge in [-0.3, -0.25) is 10.2 Å². The lowest BCUT2D eigenvalue weighted by atomic mass is 10.1. The number of hydrogen-bond acceptors (Lipinski definition) is 4. The number of thioether (sulfide) groups is 1. The van der Waals surface area contributed by atoms with Crippen molar-refractivity contribution in [3.05, 3.63) is 59.1 Å². The minimum absolute atomic E-state index is 0.00281. The minimum atomic E-state index is 0.00281. The van der Waals surface area contributed by atoms with Gasteiger partial charge in [0.25, 0.3) is 0 Å². The van der Waals surface area contributed by atoms with Gasteiger partial charge < -0.3 is 5.32 Å². The Balaban J connectivity index is 1.66. The molecule has 2 N–H and O–H groups in total. The Morgan fingerprint density at radius 1 is 1.24 bits per heavy atom.